The Morgan fingerprint density at radius 2 is 1.84 bits per heavy atom. The van der Waals surface area contributed by atoms with Crippen molar-refractivity contribution < 1.29 is 5.11 Å². The fraction of sp³-hybridized carbons (Fsp3) is 0.158. The first-order chi connectivity index (χ1) is 12.1. The summed E-state index contributed by atoms with van der Waals surface area (Å²) in [5.41, 5.74) is 2.65. The van der Waals surface area contributed by atoms with Crippen molar-refractivity contribution in [1.29, 1.82) is 0 Å². The number of phenolic OH excluding ortho intramolecular Hbond substituents is 1. The van der Waals surface area contributed by atoms with Crippen molar-refractivity contribution in [3.63, 3.8) is 0 Å². The molecule has 6 heteroatoms. The van der Waals surface area contributed by atoms with E-state index in [1.54, 1.807) is 29.7 Å². The van der Waals surface area contributed by atoms with Crippen molar-refractivity contribution in [1.82, 2.24) is 4.68 Å². The summed E-state index contributed by atoms with van der Waals surface area (Å²) in [4.78, 5) is 5.47. The number of halogens is 1. The third-order valence-corrected chi connectivity index (χ3v) is 4.97. The van der Waals surface area contributed by atoms with E-state index in [9.17, 15) is 5.11 Å². The molecule has 25 heavy (non-hydrogen) atoms. The van der Waals surface area contributed by atoms with Crippen LogP contribution in [0, 0.1) is 0 Å². The third-order valence-electron chi connectivity index (χ3n) is 3.45. The molecule has 1 N–H and O–H groups in total. The van der Waals surface area contributed by atoms with Gasteiger partial charge >= 0.3 is 0 Å². The third kappa shape index (κ3) is 4.08. The van der Waals surface area contributed by atoms with E-state index in [0.29, 0.717) is 5.56 Å². The van der Waals surface area contributed by atoms with Crippen molar-refractivity contribution >= 4 is 33.5 Å². The lowest BCUT2D eigenvalue weighted by molar-refractivity contribution is 0.474. The van der Waals surface area contributed by atoms with Crippen molar-refractivity contribution in [2.45, 2.75) is 19.9 Å². The Hall–Kier alpha value is -2.18. The maximum atomic E-state index is 9.96. The Kier molecular flexibility index (Phi) is 5.50. The molecule has 3 rings (SSSR count). The van der Waals surface area contributed by atoms with E-state index in [1.807, 2.05) is 60.3 Å². The van der Waals surface area contributed by atoms with Crippen molar-refractivity contribution in [2.24, 2.45) is 10.1 Å². The van der Waals surface area contributed by atoms with Gasteiger partial charge in [0, 0.05) is 27.0 Å². The summed E-state index contributed by atoms with van der Waals surface area (Å²) in [5, 5.41) is 16.6. The number of benzene rings is 2. The fourth-order valence-corrected chi connectivity index (χ4v) is 3.74. The molecule has 128 valence electrons. The van der Waals surface area contributed by atoms with E-state index in [0.717, 1.165) is 20.5 Å². The highest BCUT2D eigenvalue weighted by Gasteiger charge is 2.10. The monoisotopic (exact) mass is 415 g/mol. The molecule has 0 spiro atoms. The van der Waals surface area contributed by atoms with Crippen LogP contribution in [0.15, 0.2) is 68.5 Å². The van der Waals surface area contributed by atoms with Crippen LogP contribution in [-0.4, -0.2) is 22.0 Å². The standard InChI is InChI=1S/C19H18BrN3OS/c1-13(2)22-19-23(21-11-14-7-3-6-10-18(14)24)17(12-25-19)15-8-4-5-9-16(15)20/h3-13,24H,1-2H3. The molecular weight excluding hydrogens is 398 g/mol. The minimum absolute atomic E-state index is 0.164. The summed E-state index contributed by atoms with van der Waals surface area (Å²) in [6.07, 6.45) is 1.65. The minimum Gasteiger partial charge on any atom is -0.507 e. The summed E-state index contributed by atoms with van der Waals surface area (Å²) in [6, 6.07) is 15.3. The number of phenols is 1. The van der Waals surface area contributed by atoms with Gasteiger partial charge in [0.25, 0.3) is 0 Å². The second kappa shape index (κ2) is 7.80. The van der Waals surface area contributed by atoms with Crippen LogP contribution in [0.3, 0.4) is 0 Å². The molecule has 0 unspecified atom stereocenters. The van der Waals surface area contributed by atoms with Gasteiger partial charge in [0.1, 0.15) is 5.75 Å². The second-order valence-electron chi connectivity index (χ2n) is 5.72. The molecule has 0 bridgehead atoms. The summed E-state index contributed by atoms with van der Waals surface area (Å²) >= 11 is 5.15. The molecule has 0 saturated carbocycles. The van der Waals surface area contributed by atoms with E-state index in [2.05, 4.69) is 26.0 Å². The number of hydrogen-bond acceptors (Lipinski definition) is 4. The van der Waals surface area contributed by atoms with Gasteiger partial charge in [0.05, 0.1) is 11.9 Å². The molecule has 0 atom stereocenters. The first-order valence-corrected chi connectivity index (χ1v) is 9.55. The molecule has 3 aromatic rings. The van der Waals surface area contributed by atoms with E-state index >= 15 is 0 Å². The summed E-state index contributed by atoms with van der Waals surface area (Å²) in [7, 11) is 0. The molecule has 0 saturated heterocycles. The number of para-hydroxylation sites is 1. The molecule has 0 aliphatic carbocycles. The van der Waals surface area contributed by atoms with Gasteiger partial charge in [-0.25, -0.2) is 4.68 Å². The predicted octanol–water partition coefficient (Wildman–Crippen LogP) is 4.88. The van der Waals surface area contributed by atoms with Gasteiger partial charge in [-0.2, -0.15) is 5.10 Å². The highest BCUT2D eigenvalue weighted by Crippen LogP contribution is 2.28. The van der Waals surface area contributed by atoms with Crippen LogP contribution < -0.4 is 4.80 Å². The van der Waals surface area contributed by atoms with Crippen LogP contribution in [0.5, 0.6) is 5.75 Å². The summed E-state index contributed by atoms with van der Waals surface area (Å²) < 4.78 is 2.81. The van der Waals surface area contributed by atoms with Crippen LogP contribution in [0.1, 0.15) is 19.4 Å². The molecule has 0 fully saturated rings. The zero-order valence-corrected chi connectivity index (χ0v) is 16.3. The van der Waals surface area contributed by atoms with Gasteiger partial charge in [0.2, 0.25) is 4.80 Å². The van der Waals surface area contributed by atoms with Crippen LogP contribution in [0.25, 0.3) is 11.3 Å². The Bertz CT molecular complexity index is 973. The molecule has 0 radical (unpaired) electrons. The van der Waals surface area contributed by atoms with Gasteiger partial charge in [-0.15, -0.1) is 11.3 Å². The number of nitrogens with zero attached hydrogens (tertiary/aromatic N) is 3. The van der Waals surface area contributed by atoms with Gasteiger partial charge in [0.15, 0.2) is 0 Å². The molecule has 4 nitrogen and oxygen atoms in total. The number of hydrogen-bond donors (Lipinski definition) is 1. The highest BCUT2D eigenvalue weighted by molar-refractivity contribution is 9.10. The molecule has 0 amide bonds. The maximum absolute atomic E-state index is 9.96. The zero-order chi connectivity index (χ0) is 17.8. The Labute approximate surface area is 158 Å². The topological polar surface area (TPSA) is 49.9 Å². The smallest absolute Gasteiger partial charge is 0.206 e. The predicted molar refractivity (Wildman–Crippen MR) is 107 cm³/mol. The Morgan fingerprint density at radius 1 is 1.12 bits per heavy atom. The van der Waals surface area contributed by atoms with Crippen LogP contribution in [0.2, 0.25) is 0 Å². The number of rotatable bonds is 4. The number of aromatic nitrogens is 1. The Balaban J connectivity index is 2.15. The largest absolute Gasteiger partial charge is 0.507 e. The first-order valence-electron chi connectivity index (χ1n) is 7.88. The molecule has 0 aliphatic rings. The van der Waals surface area contributed by atoms with Gasteiger partial charge in [-0.3, -0.25) is 4.99 Å². The quantitative estimate of drug-likeness (QED) is 0.606. The van der Waals surface area contributed by atoms with Crippen molar-refractivity contribution in [3.05, 3.63) is 68.7 Å². The van der Waals surface area contributed by atoms with Crippen LogP contribution >= 0.6 is 27.3 Å². The molecular formula is C19H18BrN3OS. The molecule has 0 aliphatic heterocycles. The van der Waals surface area contributed by atoms with E-state index in [1.165, 1.54) is 0 Å². The van der Waals surface area contributed by atoms with E-state index in [-0.39, 0.29) is 11.8 Å². The summed E-state index contributed by atoms with van der Waals surface area (Å²) in [5.74, 6) is 0.201. The van der Waals surface area contributed by atoms with Crippen LogP contribution in [0.4, 0.5) is 0 Å². The van der Waals surface area contributed by atoms with Crippen LogP contribution in [-0.2, 0) is 0 Å². The van der Waals surface area contributed by atoms with Gasteiger partial charge in [-0.1, -0.05) is 46.3 Å². The Morgan fingerprint density at radius 3 is 2.56 bits per heavy atom. The average molecular weight is 416 g/mol. The van der Waals surface area contributed by atoms with E-state index in [4.69, 9.17) is 0 Å². The normalized spacial score (nSPS) is 12.4. The van der Waals surface area contributed by atoms with E-state index < -0.39 is 0 Å². The van der Waals surface area contributed by atoms with Gasteiger partial charge in [-0.05, 0) is 32.0 Å². The molecule has 1 heterocycles. The maximum Gasteiger partial charge on any atom is 0.206 e. The van der Waals surface area contributed by atoms with Gasteiger partial charge < -0.3 is 5.11 Å². The lowest BCUT2D eigenvalue weighted by Crippen LogP contribution is -2.14. The van der Waals surface area contributed by atoms with Crippen molar-refractivity contribution in [2.75, 3.05) is 0 Å². The number of aromatic hydroxyl groups is 1. The molecule has 1 aromatic heterocycles. The zero-order valence-electron chi connectivity index (χ0n) is 13.9. The molecule has 2 aromatic carbocycles. The van der Waals surface area contributed by atoms with Crippen molar-refractivity contribution in [3.8, 4) is 17.0 Å². The fourth-order valence-electron chi connectivity index (χ4n) is 2.29. The average Bonchev–Trinajstić information content (AvgIpc) is 2.96. The number of thiazole rings is 1. The lowest BCUT2D eigenvalue weighted by atomic mass is 10.2. The minimum atomic E-state index is 0.164. The second-order valence-corrected chi connectivity index (χ2v) is 7.41. The first kappa shape index (κ1) is 17.6. The summed E-state index contributed by atoms with van der Waals surface area (Å²) in [6.45, 7) is 4.07. The lowest BCUT2D eigenvalue weighted by Gasteiger charge is -2.06. The highest BCUT2D eigenvalue weighted by atomic mass is 79.9. The SMILES string of the molecule is CC(C)N=c1scc(-c2ccccc2Br)n1N=Cc1ccccc1O.